The van der Waals surface area contributed by atoms with E-state index in [0.717, 1.165) is 15.7 Å². The number of aromatic nitrogens is 2. The van der Waals surface area contributed by atoms with Crippen molar-refractivity contribution in [2.45, 2.75) is 32.4 Å². The molecule has 0 saturated heterocycles. The highest BCUT2D eigenvalue weighted by Gasteiger charge is 2.25. The van der Waals surface area contributed by atoms with Crippen LogP contribution >= 0.6 is 15.9 Å². The summed E-state index contributed by atoms with van der Waals surface area (Å²) >= 11 is 2.22. The van der Waals surface area contributed by atoms with Gasteiger partial charge in [-0.3, -0.25) is 0 Å². The number of nitrogens with zero attached hydrogens (tertiary/aromatic N) is 3. The molecule has 0 aliphatic rings. The Morgan fingerprint density at radius 3 is 2.74 bits per heavy atom. The van der Waals surface area contributed by atoms with E-state index >= 15 is 0 Å². The van der Waals surface area contributed by atoms with Crippen molar-refractivity contribution >= 4 is 39.2 Å². The molecule has 2 rings (SSSR count). The minimum absolute atomic E-state index is 0.354. The van der Waals surface area contributed by atoms with Crippen LogP contribution in [0.2, 0.25) is 0 Å². The van der Waals surface area contributed by atoms with Gasteiger partial charge in [-0.05, 0) is 55.3 Å². The largest absolute Gasteiger partial charge is 0.591 e. The zero-order chi connectivity index (χ0) is 14.2. The monoisotopic (exact) mass is 341 g/mol. The normalized spacial score (nSPS) is 14.4. The molecule has 0 unspecified atom stereocenters. The zero-order valence-corrected chi connectivity index (χ0v) is 13.7. The molecule has 0 fully saturated rings. The standard InChI is InChI=1S/C13H16BrN3OS/c1-9-5-11(14)12-16-10(8-17(12)7-9)6-15-19(18)13(2,3)4/h5-8H,1-4H3/b15-6+/t19-/m1/s1. The first-order valence-corrected chi connectivity index (χ1v) is 7.78. The summed E-state index contributed by atoms with van der Waals surface area (Å²) in [7, 11) is 0. The summed E-state index contributed by atoms with van der Waals surface area (Å²) in [5.74, 6) is 0. The van der Waals surface area contributed by atoms with E-state index in [9.17, 15) is 4.55 Å². The summed E-state index contributed by atoms with van der Waals surface area (Å²) < 4.78 is 18.4. The molecule has 0 aliphatic heterocycles. The Morgan fingerprint density at radius 1 is 1.42 bits per heavy atom. The molecule has 0 bridgehead atoms. The van der Waals surface area contributed by atoms with Crippen LogP contribution < -0.4 is 0 Å². The van der Waals surface area contributed by atoms with Crippen LogP contribution in [0.15, 0.2) is 27.3 Å². The van der Waals surface area contributed by atoms with Crippen molar-refractivity contribution in [3.8, 4) is 0 Å². The van der Waals surface area contributed by atoms with Crippen molar-refractivity contribution < 1.29 is 4.55 Å². The lowest BCUT2D eigenvalue weighted by Gasteiger charge is -2.17. The molecule has 2 heterocycles. The fourth-order valence-corrected chi connectivity index (χ4v) is 2.71. The second-order valence-corrected chi connectivity index (χ2v) is 8.15. The number of hydrogen-bond donors (Lipinski definition) is 0. The van der Waals surface area contributed by atoms with Gasteiger partial charge >= 0.3 is 0 Å². The maximum atomic E-state index is 11.8. The third-order valence-electron chi connectivity index (χ3n) is 2.47. The molecule has 19 heavy (non-hydrogen) atoms. The Bertz CT molecular complexity index is 631. The van der Waals surface area contributed by atoms with E-state index in [2.05, 4.69) is 25.3 Å². The first-order valence-electron chi connectivity index (χ1n) is 5.88. The molecule has 0 radical (unpaired) electrons. The molecular weight excluding hydrogens is 326 g/mol. The van der Waals surface area contributed by atoms with Crippen LogP contribution in [-0.2, 0) is 11.4 Å². The maximum Gasteiger partial charge on any atom is 0.151 e. The molecular formula is C13H16BrN3OS. The highest BCUT2D eigenvalue weighted by molar-refractivity contribution is 9.10. The quantitative estimate of drug-likeness (QED) is 0.621. The van der Waals surface area contributed by atoms with Gasteiger partial charge in [0.1, 0.15) is 28.0 Å². The van der Waals surface area contributed by atoms with Crippen molar-refractivity contribution in [2.75, 3.05) is 0 Å². The molecule has 1 atom stereocenters. The van der Waals surface area contributed by atoms with Gasteiger partial charge in [0.15, 0.2) is 5.65 Å². The number of imidazole rings is 1. The van der Waals surface area contributed by atoms with Crippen molar-refractivity contribution in [1.82, 2.24) is 9.38 Å². The van der Waals surface area contributed by atoms with E-state index in [-0.39, 0.29) is 4.75 Å². The van der Waals surface area contributed by atoms with Crippen LogP contribution in [0.5, 0.6) is 0 Å². The predicted octanol–water partition coefficient (Wildman–Crippen LogP) is 3.29. The summed E-state index contributed by atoms with van der Waals surface area (Å²) in [4.78, 5) is 4.44. The summed E-state index contributed by atoms with van der Waals surface area (Å²) in [6.45, 7) is 7.70. The lowest BCUT2D eigenvalue weighted by Crippen LogP contribution is -2.25. The van der Waals surface area contributed by atoms with Crippen LogP contribution in [0.25, 0.3) is 5.65 Å². The first-order chi connectivity index (χ1) is 8.77. The van der Waals surface area contributed by atoms with Crippen molar-refractivity contribution in [1.29, 1.82) is 0 Å². The van der Waals surface area contributed by atoms with Gasteiger partial charge in [0.25, 0.3) is 0 Å². The Morgan fingerprint density at radius 2 is 2.11 bits per heavy atom. The highest BCUT2D eigenvalue weighted by Crippen LogP contribution is 2.20. The second-order valence-electron chi connectivity index (χ2n) is 5.36. The average Bonchev–Trinajstić information content (AvgIpc) is 2.67. The number of fused-ring (bicyclic) bond motifs is 1. The zero-order valence-electron chi connectivity index (χ0n) is 11.3. The van der Waals surface area contributed by atoms with Crippen LogP contribution in [0.1, 0.15) is 32.0 Å². The first kappa shape index (κ1) is 14.6. The van der Waals surface area contributed by atoms with E-state index in [4.69, 9.17) is 0 Å². The van der Waals surface area contributed by atoms with Gasteiger partial charge in [0.2, 0.25) is 0 Å². The molecule has 0 spiro atoms. The van der Waals surface area contributed by atoms with E-state index in [1.54, 1.807) is 6.21 Å². The third kappa shape index (κ3) is 3.38. The lowest BCUT2D eigenvalue weighted by atomic mass is 10.3. The molecule has 4 nitrogen and oxygen atoms in total. The summed E-state index contributed by atoms with van der Waals surface area (Å²) in [6.07, 6.45) is 5.43. The van der Waals surface area contributed by atoms with Gasteiger partial charge in [-0.2, -0.15) is 0 Å². The fraction of sp³-hybridized carbons (Fsp3) is 0.385. The summed E-state index contributed by atoms with van der Waals surface area (Å²) in [6, 6.07) is 2.01. The molecule has 2 aromatic heterocycles. The number of hydrogen-bond acceptors (Lipinski definition) is 3. The van der Waals surface area contributed by atoms with E-state index in [0.29, 0.717) is 5.69 Å². The highest BCUT2D eigenvalue weighted by atomic mass is 79.9. The maximum absolute atomic E-state index is 11.8. The number of pyridine rings is 1. The second kappa shape index (κ2) is 5.26. The van der Waals surface area contributed by atoms with Gasteiger partial charge in [-0.1, -0.05) is 4.40 Å². The molecule has 0 amide bonds. The topological polar surface area (TPSA) is 52.7 Å². The van der Waals surface area contributed by atoms with Crippen LogP contribution in [0.3, 0.4) is 0 Å². The van der Waals surface area contributed by atoms with Gasteiger partial charge in [0, 0.05) is 12.4 Å². The van der Waals surface area contributed by atoms with Gasteiger partial charge in [-0.25, -0.2) is 4.98 Å². The van der Waals surface area contributed by atoms with E-state index in [1.165, 1.54) is 0 Å². The Balaban J connectivity index is 2.32. The van der Waals surface area contributed by atoms with E-state index in [1.807, 2.05) is 50.6 Å². The van der Waals surface area contributed by atoms with Crippen molar-refractivity contribution in [3.63, 3.8) is 0 Å². The number of rotatable bonds is 2. The summed E-state index contributed by atoms with van der Waals surface area (Å²) in [5, 5.41) is 0. The van der Waals surface area contributed by atoms with E-state index < -0.39 is 11.4 Å². The molecule has 0 N–H and O–H groups in total. The lowest BCUT2D eigenvalue weighted by molar-refractivity contribution is 0.562. The molecule has 0 aromatic carbocycles. The number of aryl methyl sites for hydroxylation is 1. The molecule has 6 heteroatoms. The predicted molar refractivity (Wildman–Crippen MR) is 83.1 cm³/mol. The smallest absolute Gasteiger partial charge is 0.151 e. The minimum atomic E-state index is -1.26. The molecule has 2 aromatic rings. The van der Waals surface area contributed by atoms with Gasteiger partial charge < -0.3 is 8.95 Å². The Hall–Kier alpha value is -0.850. The van der Waals surface area contributed by atoms with Crippen LogP contribution in [0.4, 0.5) is 0 Å². The minimum Gasteiger partial charge on any atom is -0.591 e. The SMILES string of the molecule is Cc1cc(Br)c2nc(/C=N/[S@+]([O-])C(C)(C)C)cn2c1. The van der Waals surface area contributed by atoms with Crippen molar-refractivity contribution in [2.24, 2.45) is 4.40 Å². The van der Waals surface area contributed by atoms with Gasteiger partial charge in [0.05, 0.1) is 4.47 Å². The van der Waals surface area contributed by atoms with Crippen molar-refractivity contribution in [3.05, 3.63) is 34.2 Å². The summed E-state index contributed by atoms with van der Waals surface area (Å²) in [5.41, 5.74) is 2.66. The number of halogens is 1. The fourth-order valence-electron chi connectivity index (χ4n) is 1.53. The van der Waals surface area contributed by atoms with Crippen LogP contribution in [0, 0.1) is 6.92 Å². The molecule has 0 aliphatic carbocycles. The van der Waals surface area contributed by atoms with Crippen LogP contribution in [-0.4, -0.2) is 24.9 Å². The Labute approximate surface area is 124 Å². The Kier molecular flexibility index (Phi) is 4.03. The van der Waals surface area contributed by atoms with Gasteiger partial charge in [-0.15, -0.1) is 0 Å². The molecule has 0 saturated carbocycles. The third-order valence-corrected chi connectivity index (χ3v) is 4.39. The average molecular weight is 342 g/mol. The molecule has 102 valence electrons.